The van der Waals surface area contributed by atoms with E-state index in [9.17, 15) is 0 Å². The van der Waals surface area contributed by atoms with Crippen LogP contribution in [0.4, 0.5) is 0 Å². The molecule has 4 aliphatic rings. The maximum absolute atomic E-state index is 9.06. The highest BCUT2D eigenvalue weighted by Crippen LogP contribution is 2.70. The second-order valence-corrected chi connectivity index (χ2v) is 13.9. The van der Waals surface area contributed by atoms with Gasteiger partial charge in [-0.25, -0.2) is 0 Å². The van der Waals surface area contributed by atoms with Crippen LogP contribution in [0.2, 0.25) is 0 Å². The SMILES string of the molecule is C=CC=O.CC(C)=CCC[C@@H](C)C1CCC2C3CCC4C(C)(C)C(N)CCC4(C)C3CCC21C. The third kappa shape index (κ3) is 4.87. The van der Waals surface area contributed by atoms with Gasteiger partial charge < -0.3 is 5.73 Å². The predicted molar refractivity (Wildman–Crippen MR) is 146 cm³/mol. The summed E-state index contributed by atoms with van der Waals surface area (Å²) < 4.78 is 0. The van der Waals surface area contributed by atoms with Crippen LogP contribution >= 0.6 is 0 Å². The number of carbonyl (C=O) groups is 1. The topological polar surface area (TPSA) is 43.1 Å². The summed E-state index contributed by atoms with van der Waals surface area (Å²) in [4.78, 5) is 9.06. The van der Waals surface area contributed by atoms with E-state index in [4.69, 9.17) is 10.5 Å². The summed E-state index contributed by atoms with van der Waals surface area (Å²) in [6, 6.07) is 0.401. The van der Waals surface area contributed by atoms with E-state index in [2.05, 4.69) is 61.1 Å². The molecule has 0 aromatic heterocycles. The highest BCUT2D eigenvalue weighted by molar-refractivity contribution is 5.63. The van der Waals surface area contributed by atoms with Crippen molar-refractivity contribution < 1.29 is 4.79 Å². The van der Waals surface area contributed by atoms with E-state index in [1.54, 1.807) is 0 Å². The van der Waals surface area contributed by atoms with Gasteiger partial charge in [0.1, 0.15) is 6.29 Å². The molecule has 9 atom stereocenters. The molecule has 0 radical (unpaired) electrons. The first kappa shape index (κ1) is 27.7. The molecule has 194 valence electrons. The van der Waals surface area contributed by atoms with Crippen molar-refractivity contribution in [3.05, 3.63) is 24.3 Å². The molecule has 0 heterocycles. The smallest absolute Gasteiger partial charge is 0.142 e. The third-order valence-corrected chi connectivity index (χ3v) is 11.7. The molecule has 0 aromatic rings. The summed E-state index contributed by atoms with van der Waals surface area (Å²) in [5.74, 6) is 5.61. The van der Waals surface area contributed by atoms with Crippen LogP contribution in [-0.4, -0.2) is 12.3 Å². The molecule has 8 unspecified atom stereocenters. The van der Waals surface area contributed by atoms with Crippen molar-refractivity contribution in [1.29, 1.82) is 0 Å². The fourth-order valence-electron chi connectivity index (χ4n) is 9.95. The number of allylic oxidation sites excluding steroid dienone is 3. The molecule has 2 nitrogen and oxygen atoms in total. The first-order chi connectivity index (χ1) is 15.9. The number of hydrogen-bond donors (Lipinski definition) is 1. The number of fused-ring (bicyclic) bond motifs is 5. The number of aldehydes is 1. The summed E-state index contributed by atoms with van der Waals surface area (Å²) in [7, 11) is 0. The van der Waals surface area contributed by atoms with Crippen molar-refractivity contribution in [2.45, 2.75) is 119 Å². The Morgan fingerprint density at radius 1 is 0.971 bits per heavy atom. The first-order valence-electron chi connectivity index (χ1n) is 14.4. The lowest BCUT2D eigenvalue weighted by Gasteiger charge is -2.65. The van der Waals surface area contributed by atoms with E-state index in [-0.39, 0.29) is 0 Å². The van der Waals surface area contributed by atoms with Gasteiger partial charge in [-0.1, -0.05) is 52.8 Å². The van der Waals surface area contributed by atoms with Crippen molar-refractivity contribution in [2.24, 2.45) is 57.5 Å². The molecule has 0 bridgehead atoms. The highest BCUT2D eigenvalue weighted by atomic mass is 16.1. The van der Waals surface area contributed by atoms with Gasteiger partial charge in [0, 0.05) is 6.04 Å². The van der Waals surface area contributed by atoms with Crippen LogP contribution in [0.15, 0.2) is 24.3 Å². The van der Waals surface area contributed by atoms with Crippen molar-refractivity contribution in [2.75, 3.05) is 0 Å². The average molecular weight is 470 g/mol. The van der Waals surface area contributed by atoms with Crippen LogP contribution in [0.1, 0.15) is 113 Å². The Bertz CT molecular complexity index is 742. The number of carbonyl (C=O) groups excluding carboxylic acids is 1. The van der Waals surface area contributed by atoms with E-state index in [1.807, 2.05) is 0 Å². The molecule has 34 heavy (non-hydrogen) atoms. The molecule has 2 N–H and O–H groups in total. The average Bonchev–Trinajstić information content (AvgIpc) is 3.14. The lowest BCUT2D eigenvalue weighted by molar-refractivity contribution is -0.152. The van der Waals surface area contributed by atoms with Crippen molar-refractivity contribution >= 4 is 6.29 Å². The van der Waals surface area contributed by atoms with E-state index in [0.717, 1.165) is 35.5 Å². The quantitative estimate of drug-likeness (QED) is 0.250. The minimum atomic E-state index is 0.316. The first-order valence-corrected chi connectivity index (χ1v) is 14.4. The zero-order valence-corrected chi connectivity index (χ0v) is 23.5. The van der Waals surface area contributed by atoms with Gasteiger partial charge in [0.05, 0.1) is 0 Å². The van der Waals surface area contributed by atoms with Crippen LogP contribution in [-0.2, 0) is 4.79 Å². The van der Waals surface area contributed by atoms with Crippen LogP contribution < -0.4 is 5.73 Å². The van der Waals surface area contributed by atoms with E-state index < -0.39 is 0 Å². The maximum Gasteiger partial charge on any atom is 0.142 e. The fraction of sp³-hybridized carbons (Fsp3) is 0.844. The normalized spacial score (nSPS) is 43.2. The second kappa shape index (κ2) is 10.6. The molecule has 4 saturated carbocycles. The number of hydrogen-bond acceptors (Lipinski definition) is 2. The lowest BCUT2D eigenvalue weighted by Crippen LogP contribution is -2.60. The molecule has 0 aromatic carbocycles. The van der Waals surface area contributed by atoms with Gasteiger partial charge >= 0.3 is 0 Å². The Morgan fingerprint density at radius 3 is 2.21 bits per heavy atom. The van der Waals surface area contributed by atoms with Crippen molar-refractivity contribution in [3.8, 4) is 0 Å². The van der Waals surface area contributed by atoms with Crippen LogP contribution in [0, 0.1) is 51.8 Å². The number of rotatable bonds is 5. The van der Waals surface area contributed by atoms with Gasteiger partial charge in [0.25, 0.3) is 0 Å². The largest absolute Gasteiger partial charge is 0.327 e. The Labute approximate surface area is 211 Å². The van der Waals surface area contributed by atoms with Crippen LogP contribution in [0.3, 0.4) is 0 Å². The zero-order chi connectivity index (χ0) is 25.3. The van der Waals surface area contributed by atoms with Gasteiger partial charge in [-0.3, -0.25) is 4.79 Å². The van der Waals surface area contributed by atoms with Gasteiger partial charge in [-0.15, -0.1) is 0 Å². The van der Waals surface area contributed by atoms with Gasteiger partial charge in [0.2, 0.25) is 0 Å². The summed E-state index contributed by atoms with van der Waals surface area (Å²) >= 11 is 0. The highest BCUT2D eigenvalue weighted by Gasteiger charge is 2.63. The summed E-state index contributed by atoms with van der Waals surface area (Å²) in [5.41, 5.74) is 9.60. The Hall–Kier alpha value is -0.890. The second-order valence-electron chi connectivity index (χ2n) is 13.9. The molecule has 0 spiro atoms. The zero-order valence-electron chi connectivity index (χ0n) is 23.5. The Balaban J connectivity index is 0.000000751. The van der Waals surface area contributed by atoms with Crippen molar-refractivity contribution in [1.82, 2.24) is 0 Å². The monoisotopic (exact) mass is 469 g/mol. The van der Waals surface area contributed by atoms with E-state index in [0.29, 0.717) is 28.6 Å². The molecule has 4 rings (SSSR count). The summed E-state index contributed by atoms with van der Waals surface area (Å²) in [5, 5.41) is 0. The lowest BCUT2D eigenvalue weighted by atomic mass is 9.40. The molecule has 4 aliphatic carbocycles. The molecule has 4 fully saturated rings. The Kier molecular flexibility index (Phi) is 8.65. The van der Waals surface area contributed by atoms with Gasteiger partial charge in [-0.2, -0.15) is 0 Å². The summed E-state index contributed by atoms with van der Waals surface area (Å²) in [6.07, 6.45) is 18.5. The maximum atomic E-state index is 9.06. The van der Waals surface area contributed by atoms with E-state index >= 15 is 0 Å². The van der Waals surface area contributed by atoms with E-state index in [1.165, 1.54) is 75.9 Å². The fourth-order valence-corrected chi connectivity index (χ4v) is 9.95. The predicted octanol–water partition coefficient (Wildman–Crippen LogP) is 8.36. The van der Waals surface area contributed by atoms with Gasteiger partial charge in [0.15, 0.2) is 0 Å². The van der Waals surface area contributed by atoms with Gasteiger partial charge in [-0.05, 0) is 136 Å². The third-order valence-electron chi connectivity index (χ3n) is 11.7. The molecule has 0 aliphatic heterocycles. The molecular formula is C32H55NO. The standard InChI is InChI=1S/C29H51N.C3H4O/c1-19(2)9-8-10-20(3)22-12-13-23-21-11-14-25-27(4,5)26(30)16-18-29(25,7)24(21)15-17-28(22,23)6;1-2-3-4/h9,20-26H,8,10-18,30H2,1-7H3;2-3H,1H2/t20-,21?,22?,23?,24?,25?,26?,28?,29?;/m1./s1. The van der Waals surface area contributed by atoms with Crippen LogP contribution in [0.5, 0.6) is 0 Å². The molecular weight excluding hydrogens is 414 g/mol. The molecule has 0 saturated heterocycles. The molecule has 0 amide bonds. The minimum absolute atomic E-state index is 0.316. The minimum Gasteiger partial charge on any atom is -0.327 e. The Morgan fingerprint density at radius 2 is 1.59 bits per heavy atom. The number of nitrogens with two attached hydrogens (primary N) is 1. The molecule has 2 heteroatoms. The summed E-state index contributed by atoms with van der Waals surface area (Å²) in [6.45, 7) is 20.6. The van der Waals surface area contributed by atoms with Crippen LogP contribution in [0.25, 0.3) is 0 Å². The van der Waals surface area contributed by atoms with Crippen molar-refractivity contribution in [3.63, 3.8) is 0 Å².